The summed E-state index contributed by atoms with van der Waals surface area (Å²) in [5.41, 5.74) is 3.57. The predicted molar refractivity (Wildman–Crippen MR) is 108 cm³/mol. The van der Waals surface area contributed by atoms with Gasteiger partial charge >= 0.3 is 0 Å². The van der Waals surface area contributed by atoms with Crippen LogP contribution in [0.1, 0.15) is 119 Å². The summed E-state index contributed by atoms with van der Waals surface area (Å²) < 4.78 is 0. The lowest BCUT2D eigenvalue weighted by molar-refractivity contribution is 0.201. The van der Waals surface area contributed by atoms with Crippen LogP contribution in [0.2, 0.25) is 0 Å². The lowest BCUT2D eigenvalue weighted by Gasteiger charge is -2.40. The maximum Gasteiger partial charge on any atom is -0.0102 e. The molecule has 0 nitrogen and oxygen atoms in total. The van der Waals surface area contributed by atoms with E-state index in [0.29, 0.717) is 0 Å². The number of rotatable bonds is 4. The van der Waals surface area contributed by atoms with Crippen molar-refractivity contribution in [1.29, 1.82) is 0 Å². The highest BCUT2D eigenvalue weighted by Crippen LogP contribution is 2.48. The number of hydrogen-bond acceptors (Lipinski definition) is 0. The average Bonchev–Trinajstić information content (AvgIpc) is 2.71. The van der Waals surface area contributed by atoms with Crippen LogP contribution in [0.25, 0.3) is 0 Å². The van der Waals surface area contributed by atoms with E-state index in [2.05, 4.69) is 24.3 Å². The first kappa shape index (κ1) is 17.6. The van der Waals surface area contributed by atoms with E-state index in [4.69, 9.17) is 0 Å². The van der Waals surface area contributed by atoms with Gasteiger partial charge in [-0.2, -0.15) is 0 Å². The molecular formula is C25H38. The third-order valence-corrected chi connectivity index (χ3v) is 7.72. The van der Waals surface area contributed by atoms with Gasteiger partial charge in [-0.3, -0.25) is 0 Å². The third kappa shape index (κ3) is 4.15. The summed E-state index contributed by atoms with van der Waals surface area (Å²) in [6, 6.07) is 9.74. The molecule has 0 aromatic heterocycles. The molecule has 3 fully saturated rings. The second kappa shape index (κ2) is 8.74. The van der Waals surface area contributed by atoms with Gasteiger partial charge in [0.05, 0.1) is 0 Å². The molecule has 3 aliphatic carbocycles. The van der Waals surface area contributed by atoms with Crippen molar-refractivity contribution in [2.24, 2.45) is 11.8 Å². The van der Waals surface area contributed by atoms with Crippen LogP contribution in [0.5, 0.6) is 0 Å². The van der Waals surface area contributed by atoms with Crippen molar-refractivity contribution in [3.05, 3.63) is 35.4 Å². The molecule has 0 spiro atoms. The molecule has 0 aliphatic heterocycles. The minimum atomic E-state index is 0.861. The van der Waals surface area contributed by atoms with Gasteiger partial charge in [0, 0.05) is 0 Å². The lowest BCUT2D eigenvalue weighted by atomic mass is 9.65. The summed E-state index contributed by atoms with van der Waals surface area (Å²) in [6.45, 7) is 0. The van der Waals surface area contributed by atoms with E-state index in [-0.39, 0.29) is 0 Å². The van der Waals surface area contributed by atoms with Crippen LogP contribution in [-0.4, -0.2) is 0 Å². The molecule has 25 heavy (non-hydrogen) atoms. The van der Waals surface area contributed by atoms with Gasteiger partial charge in [-0.15, -0.1) is 0 Å². The summed E-state index contributed by atoms with van der Waals surface area (Å²) in [4.78, 5) is 0. The zero-order valence-corrected chi connectivity index (χ0v) is 16.2. The minimum Gasteiger partial charge on any atom is -0.0620 e. The minimum absolute atomic E-state index is 0.861. The fourth-order valence-corrected chi connectivity index (χ4v) is 6.48. The number of benzene rings is 1. The Morgan fingerprint density at radius 2 is 1.04 bits per heavy atom. The molecule has 0 heteroatoms. The van der Waals surface area contributed by atoms with Crippen molar-refractivity contribution in [2.45, 2.75) is 108 Å². The van der Waals surface area contributed by atoms with E-state index in [1.165, 1.54) is 96.3 Å². The summed E-state index contributed by atoms with van der Waals surface area (Å²) >= 11 is 0. The van der Waals surface area contributed by atoms with Gasteiger partial charge in [0.25, 0.3) is 0 Å². The molecule has 0 saturated heterocycles. The Morgan fingerprint density at radius 3 is 1.60 bits per heavy atom. The van der Waals surface area contributed by atoms with Gasteiger partial charge < -0.3 is 0 Å². The fraction of sp³-hybridized carbons (Fsp3) is 0.760. The second-order valence-corrected chi connectivity index (χ2v) is 9.29. The van der Waals surface area contributed by atoms with E-state index in [1.807, 2.05) is 0 Å². The van der Waals surface area contributed by atoms with Crippen LogP contribution >= 0.6 is 0 Å². The SMILES string of the molecule is c1ccc(C(C2CCCCC2)C2CCCCC2)c(C2CCCCC2)c1. The van der Waals surface area contributed by atoms with Gasteiger partial charge in [0.2, 0.25) is 0 Å². The van der Waals surface area contributed by atoms with Gasteiger partial charge in [-0.1, -0.05) is 82.1 Å². The molecule has 3 saturated carbocycles. The normalized spacial score (nSPS) is 24.7. The molecule has 0 heterocycles. The lowest BCUT2D eigenvalue weighted by Crippen LogP contribution is -2.27. The standard InChI is InChI=1S/C25H38/c1-4-12-20(13-5-1)23-18-10-11-19-24(23)25(21-14-6-2-7-15-21)22-16-8-3-9-17-22/h10-11,18-22,25H,1-9,12-17H2. The Bertz CT molecular complexity index is 495. The fourth-order valence-electron chi connectivity index (χ4n) is 6.48. The molecule has 1 aromatic rings. The molecule has 1 aromatic carbocycles. The molecule has 3 aliphatic rings. The molecule has 138 valence electrons. The third-order valence-electron chi connectivity index (χ3n) is 7.72. The first-order valence-electron chi connectivity index (χ1n) is 11.5. The Hall–Kier alpha value is -0.780. The predicted octanol–water partition coefficient (Wildman–Crippen LogP) is 7.98. The van der Waals surface area contributed by atoms with Gasteiger partial charge in [0.15, 0.2) is 0 Å². The van der Waals surface area contributed by atoms with Crippen LogP contribution < -0.4 is 0 Å². The van der Waals surface area contributed by atoms with Crippen molar-refractivity contribution >= 4 is 0 Å². The molecule has 0 amide bonds. The smallest absolute Gasteiger partial charge is 0.0102 e. The average molecular weight is 339 g/mol. The first-order chi connectivity index (χ1) is 12.4. The van der Waals surface area contributed by atoms with Crippen LogP contribution in [0, 0.1) is 11.8 Å². The molecular weight excluding hydrogens is 300 g/mol. The summed E-state index contributed by atoms with van der Waals surface area (Å²) in [7, 11) is 0. The van der Waals surface area contributed by atoms with E-state index >= 15 is 0 Å². The maximum absolute atomic E-state index is 2.55. The molecule has 0 N–H and O–H groups in total. The first-order valence-corrected chi connectivity index (χ1v) is 11.5. The van der Waals surface area contributed by atoms with E-state index in [1.54, 1.807) is 11.1 Å². The Kier molecular flexibility index (Phi) is 6.16. The molecule has 4 rings (SSSR count). The zero-order chi connectivity index (χ0) is 16.9. The second-order valence-electron chi connectivity index (χ2n) is 9.29. The van der Waals surface area contributed by atoms with Gasteiger partial charge in [-0.25, -0.2) is 0 Å². The highest BCUT2D eigenvalue weighted by Gasteiger charge is 2.34. The Morgan fingerprint density at radius 1 is 0.560 bits per heavy atom. The van der Waals surface area contributed by atoms with E-state index in [0.717, 1.165) is 23.7 Å². The highest BCUT2D eigenvalue weighted by atomic mass is 14.4. The summed E-state index contributed by atoms with van der Waals surface area (Å²) in [6.07, 6.45) is 22.2. The molecule has 0 unspecified atom stereocenters. The van der Waals surface area contributed by atoms with Crippen LogP contribution in [0.15, 0.2) is 24.3 Å². The van der Waals surface area contributed by atoms with E-state index < -0.39 is 0 Å². The zero-order valence-electron chi connectivity index (χ0n) is 16.2. The summed E-state index contributed by atoms with van der Waals surface area (Å²) in [5.74, 6) is 3.68. The molecule has 0 radical (unpaired) electrons. The highest BCUT2D eigenvalue weighted by molar-refractivity contribution is 5.35. The maximum atomic E-state index is 2.55. The van der Waals surface area contributed by atoms with Crippen LogP contribution in [0.3, 0.4) is 0 Å². The van der Waals surface area contributed by atoms with Crippen molar-refractivity contribution < 1.29 is 0 Å². The van der Waals surface area contributed by atoms with Crippen molar-refractivity contribution in [2.75, 3.05) is 0 Å². The van der Waals surface area contributed by atoms with Gasteiger partial charge in [0.1, 0.15) is 0 Å². The number of hydrogen-bond donors (Lipinski definition) is 0. The quantitative estimate of drug-likeness (QED) is 0.522. The Balaban J connectivity index is 1.65. The topological polar surface area (TPSA) is 0 Å². The molecule has 0 bridgehead atoms. The van der Waals surface area contributed by atoms with Crippen molar-refractivity contribution in [3.63, 3.8) is 0 Å². The summed E-state index contributed by atoms with van der Waals surface area (Å²) in [5, 5.41) is 0. The largest absolute Gasteiger partial charge is 0.0620 e. The van der Waals surface area contributed by atoms with Gasteiger partial charge in [-0.05, 0) is 73.3 Å². The van der Waals surface area contributed by atoms with E-state index in [9.17, 15) is 0 Å². The Labute approximate surface area is 155 Å². The van der Waals surface area contributed by atoms with Crippen molar-refractivity contribution in [3.8, 4) is 0 Å². The monoisotopic (exact) mass is 338 g/mol. The van der Waals surface area contributed by atoms with Crippen LogP contribution in [-0.2, 0) is 0 Å². The van der Waals surface area contributed by atoms with Crippen LogP contribution in [0.4, 0.5) is 0 Å². The molecule has 0 atom stereocenters. The van der Waals surface area contributed by atoms with Crippen molar-refractivity contribution in [1.82, 2.24) is 0 Å².